The third-order valence-electron chi connectivity index (χ3n) is 2.46. The number of halogens is 1. The van der Waals surface area contributed by atoms with Gasteiger partial charge in [0.15, 0.2) is 0 Å². The van der Waals surface area contributed by atoms with Crippen LogP contribution in [-0.4, -0.2) is 5.91 Å². The van der Waals surface area contributed by atoms with Crippen LogP contribution in [0.25, 0.3) is 0 Å². The van der Waals surface area contributed by atoms with E-state index in [1.54, 1.807) is 6.07 Å². The molecule has 1 aromatic carbocycles. The van der Waals surface area contributed by atoms with Gasteiger partial charge < -0.3 is 11.1 Å². The Labute approximate surface area is 94.8 Å². The van der Waals surface area contributed by atoms with Gasteiger partial charge in [-0.25, -0.2) is 4.39 Å². The monoisotopic (exact) mass is 224 g/mol. The standard InChI is InChI=1S/C12H17FN2O/c1-3-5-8(2)12(16)15-11-9(13)6-4-7-10(11)14/h4,6-8H,3,5,14H2,1-2H3,(H,15,16). The molecular formula is C12H17FN2O. The first-order chi connectivity index (χ1) is 7.56. The van der Waals surface area contributed by atoms with Gasteiger partial charge in [-0.15, -0.1) is 0 Å². The molecule has 1 unspecified atom stereocenters. The van der Waals surface area contributed by atoms with Crippen molar-refractivity contribution in [3.05, 3.63) is 24.0 Å². The van der Waals surface area contributed by atoms with Crippen LogP contribution in [0.1, 0.15) is 26.7 Å². The number of anilines is 2. The molecular weight excluding hydrogens is 207 g/mol. The van der Waals surface area contributed by atoms with Crippen LogP contribution in [0.3, 0.4) is 0 Å². The van der Waals surface area contributed by atoms with E-state index >= 15 is 0 Å². The third kappa shape index (κ3) is 2.95. The molecule has 88 valence electrons. The number of carbonyl (C=O) groups excluding carboxylic acids is 1. The lowest BCUT2D eigenvalue weighted by Gasteiger charge is -2.13. The van der Waals surface area contributed by atoms with Crippen LogP contribution in [0.4, 0.5) is 15.8 Å². The van der Waals surface area contributed by atoms with Crippen molar-refractivity contribution in [2.45, 2.75) is 26.7 Å². The topological polar surface area (TPSA) is 55.1 Å². The molecule has 0 saturated carbocycles. The van der Waals surface area contributed by atoms with Crippen LogP contribution in [0.2, 0.25) is 0 Å². The van der Waals surface area contributed by atoms with E-state index in [9.17, 15) is 9.18 Å². The van der Waals surface area contributed by atoms with Gasteiger partial charge in [0, 0.05) is 5.92 Å². The van der Waals surface area contributed by atoms with Crippen molar-refractivity contribution in [1.82, 2.24) is 0 Å². The number of nitrogens with one attached hydrogen (secondary N) is 1. The van der Waals surface area contributed by atoms with Crippen LogP contribution >= 0.6 is 0 Å². The van der Waals surface area contributed by atoms with E-state index < -0.39 is 5.82 Å². The number of hydrogen-bond acceptors (Lipinski definition) is 2. The fraction of sp³-hybridized carbons (Fsp3) is 0.417. The normalized spacial score (nSPS) is 12.2. The summed E-state index contributed by atoms with van der Waals surface area (Å²) in [5, 5.41) is 2.52. The molecule has 0 aliphatic heterocycles. The fourth-order valence-electron chi connectivity index (χ4n) is 1.48. The summed E-state index contributed by atoms with van der Waals surface area (Å²) < 4.78 is 13.4. The predicted octanol–water partition coefficient (Wildman–Crippen LogP) is 2.78. The van der Waals surface area contributed by atoms with Gasteiger partial charge in [0.25, 0.3) is 0 Å². The Bertz CT molecular complexity index is 359. The van der Waals surface area contributed by atoms with Gasteiger partial charge in [-0.1, -0.05) is 26.3 Å². The zero-order valence-corrected chi connectivity index (χ0v) is 9.59. The Balaban J connectivity index is 2.77. The molecule has 0 aliphatic carbocycles. The SMILES string of the molecule is CCCC(C)C(=O)Nc1c(N)cccc1F. The number of amides is 1. The second-order valence-electron chi connectivity index (χ2n) is 3.88. The van der Waals surface area contributed by atoms with Crippen molar-refractivity contribution in [2.24, 2.45) is 5.92 Å². The van der Waals surface area contributed by atoms with Crippen molar-refractivity contribution in [2.75, 3.05) is 11.1 Å². The molecule has 0 heterocycles. The Morgan fingerprint density at radius 2 is 2.25 bits per heavy atom. The quantitative estimate of drug-likeness (QED) is 0.773. The summed E-state index contributed by atoms with van der Waals surface area (Å²) in [7, 11) is 0. The van der Waals surface area contributed by atoms with Crippen LogP contribution in [0.5, 0.6) is 0 Å². The lowest BCUT2D eigenvalue weighted by atomic mass is 10.1. The minimum Gasteiger partial charge on any atom is -0.397 e. The van der Waals surface area contributed by atoms with E-state index in [2.05, 4.69) is 5.32 Å². The molecule has 0 spiro atoms. The van der Waals surface area contributed by atoms with Gasteiger partial charge in [-0.3, -0.25) is 4.79 Å². The summed E-state index contributed by atoms with van der Waals surface area (Å²) >= 11 is 0. The molecule has 1 aromatic rings. The summed E-state index contributed by atoms with van der Waals surface area (Å²) in [6, 6.07) is 4.34. The summed E-state index contributed by atoms with van der Waals surface area (Å²) in [5.41, 5.74) is 5.92. The highest BCUT2D eigenvalue weighted by Gasteiger charge is 2.15. The van der Waals surface area contributed by atoms with Crippen molar-refractivity contribution in [1.29, 1.82) is 0 Å². The highest BCUT2D eigenvalue weighted by atomic mass is 19.1. The van der Waals surface area contributed by atoms with Crippen LogP contribution in [0.15, 0.2) is 18.2 Å². The second kappa shape index (κ2) is 5.49. The number of rotatable bonds is 4. The van der Waals surface area contributed by atoms with Crippen LogP contribution in [-0.2, 0) is 4.79 Å². The molecule has 0 radical (unpaired) electrons. The molecule has 0 bridgehead atoms. The Morgan fingerprint density at radius 1 is 1.56 bits per heavy atom. The highest BCUT2D eigenvalue weighted by molar-refractivity contribution is 5.95. The molecule has 1 amide bonds. The molecule has 4 heteroatoms. The number of benzene rings is 1. The summed E-state index contributed by atoms with van der Waals surface area (Å²) in [6.07, 6.45) is 1.70. The highest BCUT2D eigenvalue weighted by Crippen LogP contribution is 2.22. The second-order valence-corrected chi connectivity index (χ2v) is 3.88. The minimum absolute atomic E-state index is 0.0791. The molecule has 0 aromatic heterocycles. The summed E-state index contributed by atoms with van der Waals surface area (Å²) in [6.45, 7) is 3.82. The zero-order valence-electron chi connectivity index (χ0n) is 9.59. The lowest BCUT2D eigenvalue weighted by Crippen LogP contribution is -2.21. The van der Waals surface area contributed by atoms with Crippen LogP contribution in [0, 0.1) is 11.7 Å². The first-order valence-corrected chi connectivity index (χ1v) is 5.41. The van der Waals surface area contributed by atoms with Crippen molar-refractivity contribution in [3.8, 4) is 0 Å². The summed E-state index contributed by atoms with van der Waals surface area (Å²) in [4.78, 5) is 11.7. The molecule has 3 nitrogen and oxygen atoms in total. The first-order valence-electron chi connectivity index (χ1n) is 5.41. The molecule has 0 saturated heterocycles. The summed E-state index contributed by atoms with van der Waals surface area (Å²) in [5.74, 6) is -0.834. The van der Waals surface area contributed by atoms with E-state index in [1.807, 2.05) is 13.8 Å². The van der Waals surface area contributed by atoms with E-state index in [-0.39, 0.29) is 23.2 Å². The number of hydrogen-bond donors (Lipinski definition) is 2. The van der Waals surface area contributed by atoms with E-state index in [1.165, 1.54) is 12.1 Å². The number of para-hydroxylation sites is 1. The van der Waals surface area contributed by atoms with E-state index in [0.717, 1.165) is 12.8 Å². The zero-order chi connectivity index (χ0) is 12.1. The van der Waals surface area contributed by atoms with Gasteiger partial charge >= 0.3 is 0 Å². The van der Waals surface area contributed by atoms with Gasteiger partial charge in [0.05, 0.1) is 5.69 Å². The number of carbonyl (C=O) groups is 1. The Kier molecular flexibility index (Phi) is 4.28. The lowest BCUT2D eigenvalue weighted by molar-refractivity contribution is -0.119. The van der Waals surface area contributed by atoms with Gasteiger partial charge in [0.2, 0.25) is 5.91 Å². The molecule has 16 heavy (non-hydrogen) atoms. The minimum atomic E-state index is -0.503. The first kappa shape index (κ1) is 12.5. The molecule has 0 fully saturated rings. The molecule has 3 N–H and O–H groups in total. The maximum absolute atomic E-state index is 13.4. The van der Waals surface area contributed by atoms with Crippen molar-refractivity contribution >= 4 is 17.3 Å². The maximum atomic E-state index is 13.4. The Hall–Kier alpha value is -1.58. The van der Waals surface area contributed by atoms with Crippen molar-refractivity contribution in [3.63, 3.8) is 0 Å². The third-order valence-corrected chi connectivity index (χ3v) is 2.46. The van der Waals surface area contributed by atoms with E-state index in [4.69, 9.17) is 5.73 Å². The maximum Gasteiger partial charge on any atom is 0.227 e. The van der Waals surface area contributed by atoms with Crippen LogP contribution < -0.4 is 11.1 Å². The largest absolute Gasteiger partial charge is 0.397 e. The van der Waals surface area contributed by atoms with Gasteiger partial charge in [-0.05, 0) is 18.6 Å². The Morgan fingerprint density at radius 3 is 2.81 bits per heavy atom. The molecule has 0 aliphatic rings. The molecule has 1 rings (SSSR count). The average Bonchev–Trinajstić information content (AvgIpc) is 2.23. The fourth-order valence-corrected chi connectivity index (χ4v) is 1.48. The van der Waals surface area contributed by atoms with Gasteiger partial charge in [-0.2, -0.15) is 0 Å². The number of nitrogen functional groups attached to an aromatic ring is 1. The van der Waals surface area contributed by atoms with Gasteiger partial charge in [0.1, 0.15) is 11.5 Å². The molecule has 1 atom stereocenters. The number of nitrogens with two attached hydrogens (primary N) is 1. The predicted molar refractivity (Wildman–Crippen MR) is 63.5 cm³/mol. The average molecular weight is 224 g/mol. The smallest absolute Gasteiger partial charge is 0.227 e. The van der Waals surface area contributed by atoms with Crippen molar-refractivity contribution < 1.29 is 9.18 Å². The van der Waals surface area contributed by atoms with E-state index in [0.29, 0.717) is 0 Å².